The number of hydrazine groups is 1. The van der Waals surface area contributed by atoms with E-state index >= 15 is 0 Å². The van der Waals surface area contributed by atoms with E-state index in [9.17, 15) is 4.79 Å². The molecule has 2 aliphatic rings. The van der Waals surface area contributed by atoms with Crippen LogP contribution >= 0.6 is 0 Å². The minimum absolute atomic E-state index is 0.0342. The fourth-order valence-corrected chi connectivity index (χ4v) is 2.50. The van der Waals surface area contributed by atoms with Gasteiger partial charge in [-0.2, -0.15) is 0 Å². The Balaban J connectivity index is 1.79. The highest BCUT2D eigenvalue weighted by Gasteiger charge is 2.32. The Kier molecular flexibility index (Phi) is 3.33. The number of allylic oxidation sites excluding steroid dienone is 1. The van der Waals surface area contributed by atoms with Crippen LogP contribution in [0.5, 0.6) is 0 Å². The highest BCUT2D eigenvalue weighted by atomic mass is 16.5. The van der Waals surface area contributed by atoms with Crippen LogP contribution in [0.1, 0.15) is 32.6 Å². The van der Waals surface area contributed by atoms with Gasteiger partial charge in [0.15, 0.2) is 6.23 Å². The van der Waals surface area contributed by atoms with Crippen molar-refractivity contribution in [2.75, 3.05) is 0 Å². The second-order valence-electron chi connectivity index (χ2n) is 4.62. The second kappa shape index (κ2) is 4.74. The van der Waals surface area contributed by atoms with Crippen molar-refractivity contribution >= 4 is 5.91 Å². The third-order valence-electron chi connectivity index (χ3n) is 3.47. The van der Waals surface area contributed by atoms with Crippen LogP contribution in [0.3, 0.4) is 0 Å². The van der Waals surface area contributed by atoms with Gasteiger partial charge in [-0.25, -0.2) is 5.84 Å². The molecule has 90 valence electrons. The van der Waals surface area contributed by atoms with Crippen LogP contribution in [0.4, 0.5) is 0 Å². The molecular formula is C11H19N3O2. The third-order valence-corrected chi connectivity index (χ3v) is 3.47. The van der Waals surface area contributed by atoms with E-state index in [1.54, 1.807) is 6.26 Å². The third kappa shape index (κ3) is 2.29. The number of nitrogens with one attached hydrogen (secondary N) is 2. The molecule has 4 N–H and O–H groups in total. The van der Waals surface area contributed by atoms with Crippen molar-refractivity contribution in [1.29, 1.82) is 0 Å². The summed E-state index contributed by atoms with van der Waals surface area (Å²) in [6, 6.07) is 0. The van der Waals surface area contributed by atoms with Crippen LogP contribution in [0.25, 0.3) is 0 Å². The molecule has 1 amide bonds. The first-order valence-corrected chi connectivity index (χ1v) is 5.80. The van der Waals surface area contributed by atoms with Gasteiger partial charge in [0.2, 0.25) is 5.91 Å². The predicted octanol–water partition coefficient (Wildman–Crippen LogP) is 0.590. The molecule has 0 saturated heterocycles. The average molecular weight is 225 g/mol. The average Bonchev–Trinajstić information content (AvgIpc) is 2.75. The molecule has 5 heteroatoms. The van der Waals surface area contributed by atoms with E-state index in [-0.39, 0.29) is 18.1 Å². The largest absolute Gasteiger partial charge is 0.476 e. The number of nitrogens with two attached hydrogens (primary N) is 1. The molecule has 1 heterocycles. The van der Waals surface area contributed by atoms with Crippen molar-refractivity contribution in [1.82, 2.24) is 10.7 Å². The molecule has 16 heavy (non-hydrogen) atoms. The molecule has 0 radical (unpaired) electrons. The molecule has 0 bridgehead atoms. The summed E-state index contributed by atoms with van der Waals surface area (Å²) in [5.41, 5.74) is 3.31. The Bertz CT molecular complexity index is 296. The molecule has 0 aromatic heterocycles. The van der Waals surface area contributed by atoms with Crippen LogP contribution in [0.15, 0.2) is 12.0 Å². The molecule has 1 aliphatic heterocycles. The van der Waals surface area contributed by atoms with Gasteiger partial charge in [0, 0.05) is 17.5 Å². The zero-order valence-corrected chi connectivity index (χ0v) is 9.53. The van der Waals surface area contributed by atoms with Gasteiger partial charge in [-0.05, 0) is 32.6 Å². The first-order valence-electron chi connectivity index (χ1n) is 5.80. The van der Waals surface area contributed by atoms with Crippen LogP contribution in [0, 0.1) is 11.8 Å². The van der Waals surface area contributed by atoms with Crippen LogP contribution < -0.4 is 16.6 Å². The number of rotatable bonds is 2. The lowest BCUT2D eigenvalue weighted by Gasteiger charge is -2.30. The fraction of sp³-hybridized carbons (Fsp3) is 0.727. The molecule has 1 atom stereocenters. The van der Waals surface area contributed by atoms with Gasteiger partial charge in [-0.15, -0.1) is 0 Å². The van der Waals surface area contributed by atoms with E-state index in [2.05, 4.69) is 10.7 Å². The standard InChI is InChI=1S/C11H19N3O2/c1-7-6-16-11(13-7)9-4-2-8(3-5-9)10(15)14-12/h6,8-9,11,13H,2-5,12H2,1H3,(H,14,15)/t8-,9-,11?. The lowest BCUT2D eigenvalue weighted by Crippen LogP contribution is -2.40. The minimum atomic E-state index is -0.0342. The van der Waals surface area contributed by atoms with E-state index in [4.69, 9.17) is 10.6 Å². The van der Waals surface area contributed by atoms with Gasteiger partial charge in [0.1, 0.15) is 6.26 Å². The first-order chi connectivity index (χ1) is 7.70. The summed E-state index contributed by atoms with van der Waals surface area (Å²) in [6.45, 7) is 1.99. The number of amides is 1. The van der Waals surface area contributed by atoms with E-state index in [0.29, 0.717) is 5.92 Å². The van der Waals surface area contributed by atoms with E-state index in [0.717, 1.165) is 31.4 Å². The molecule has 0 aromatic carbocycles. The van der Waals surface area contributed by atoms with Gasteiger partial charge in [0.05, 0.1) is 0 Å². The summed E-state index contributed by atoms with van der Waals surface area (Å²) in [5, 5.41) is 3.30. The van der Waals surface area contributed by atoms with E-state index in [1.807, 2.05) is 6.92 Å². The molecule has 1 saturated carbocycles. The molecule has 5 nitrogen and oxygen atoms in total. The Morgan fingerprint density at radius 1 is 1.50 bits per heavy atom. The zero-order chi connectivity index (χ0) is 11.5. The highest BCUT2D eigenvalue weighted by molar-refractivity contribution is 5.77. The number of carbonyl (C=O) groups is 1. The van der Waals surface area contributed by atoms with E-state index < -0.39 is 0 Å². The number of ether oxygens (including phenoxy) is 1. The van der Waals surface area contributed by atoms with Gasteiger partial charge < -0.3 is 10.1 Å². The normalized spacial score (nSPS) is 33.6. The van der Waals surface area contributed by atoms with Crippen LogP contribution in [-0.2, 0) is 9.53 Å². The molecule has 0 spiro atoms. The predicted molar refractivity (Wildman–Crippen MR) is 59.5 cm³/mol. The van der Waals surface area contributed by atoms with Crippen LogP contribution in [0.2, 0.25) is 0 Å². The lowest BCUT2D eigenvalue weighted by atomic mass is 9.81. The molecule has 0 aromatic rings. The van der Waals surface area contributed by atoms with Gasteiger partial charge in [0.25, 0.3) is 0 Å². The Hall–Kier alpha value is -1.23. The summed E-state index contributed by atoms with van der Waals surface area (Å²) in [5.74, 6) is 5.67. The Morgan fingerprint density at radius 2 is 2.19 bits per heavy atom. The molecule has 1 unspecified atom stereocenters. The number of hydrogen-bond donors (Lipinski definition) is 3. The zero-order valence-electron chi connectivity index (χ0n) is 9.53. The lowest BCUT2D eigenvalue weighted by molar-refractivity contribution is -0.126. The van der Waals surface area contributed by atoms with Gasteiger partial charge in [-0.3, -0.25) is 10.2 Å². The highest BCUT2D eigenvalue weighted by Crippen LogP contribution is 2.32. The summed E-state index contributed by atoms with van der Waals surface area (Å²) in [6.07, 6.45) is 5.68. The maximum absolute atomic E-state index is 11.4. The summed E-state index contributed by atoms with van der Waals surface area (Å²) < 4.78 is 5.53. The topological polar surface area (TPSA) is 76.4 Å². The SMILES string of the molecule is CC1=COC([C@H]2CC[C@H](C(=O)NN)CC2)N1. The van der Waals surface area contributed by atoms with Crippen molar-refractivity contribution < 1.29 is 9.53 Å². The van der Waals surface area contributed by atoms with Crippen LogP contribution in [-0.4, -0.2) is 12.1 Å². The quantitative estimate of drug-likeness (QED) is 0.365. The summed E-state index contributed by atoms with van der Waals surface area (Å²) in [7, 11) is 0. The smallest absolute Gasteiger partial charge is 0.236 e. The Morgan fingerprint density at radius 3 is 2.69 bits per heavy atom. The Labute approximate surface area is 95.4 Å². The van der Waals surface area contributed by atoms with E-state index in [1.165, 1.54) is 0 Å². The van der Waals surface area contributed by atoms with Gasteiger partial charge >= 0.3 is 0 Å². The first kappa shape index (κ1) is 11.3. The van der Waals surface area contributed by atoms with Crippen molar-refractivity contribution in [2.45, 2.75) is 38.8 Å². The van der Waals surface area contributed by atoms with Crippen molar-refractivity contribution in [3.63, 3.8) is 0 Å². The maximum atomic E-state index is 11.4. The molecule has 1 aliphatic carbocycles. The number of hydrogen-bond acceptors (Lipinski definition) is 4. The molecule has 1 fully saturated rings. The monoisotopic (exact) mass is 225 g/mol. The van der Waals surface area contributed by atoms with Crippen molar-refractivity contribution in [3.8, 4) is 0 Å². The number of carbonyl (C=O) groups excluding carboxylic acids is 1. The fourth-order valence-electron chi connectivity index (χ4n) is 2.50. The second-order valence-corrected chi connectivity index (χ2v) is 4.62. The van der Waals surface area contributed by atoms with Crippen molar-refractivity contribution in [3.05, 3.63) is 12.0 Å². The maximum Gasteiger partial charge on any atom is 0.236 e. The molecule has 2 rings (SSSR count). The summed E-state index contributed by atoms with van der Waals surface area (Å²) in [4.78, 5) is 11.4. The minimum Gasteiger partial charge on any atom is -0.476 e. The molecular weight excluding hydrogens is 206 g/mol. The van der Waals surface area contributed by atoms with Gasteiger partial charge in [-0.1, -0.05) is 0 Å². The van der Waals surface area contributed by atoms with Crippen molar-refractivity contribution in [2.24, 2.45) is 17.7 Å². The summed E-state index contributed by atoms with van der Waals surface area (Å²) >= 11 is 0.